The standard InChI is InChI=1S/C19H25NO3S/c1-15(13-19(21)22)20(2)10-4-11-23-17-8-6-16(7-9-17)14-18-5-3-12-24-18/h3,5-9,12,15H,4,10-11,13-14H2,1-2H3,(H,21,22). The zero-order valence-corrected chi connectivity index (χ0v) is 15.1. The molecule has 0 aliphatic rings. The van der Waals surface area contributed by atoms with E-state index < -0.39 is 5.97 Å². The smallest absolute Gasteiger partial charge is 0.304 e. The summed E-state index contributed by atoms with van der Waals surface area (Å²) in [7, 11) is 1.95. The van der Waals surface area contributed by atoms with Crippen LogP contribution in [-0.2, 0) is 11.2 Å². The molecule has 1 unspecified atom stereocenters. The van der Waals surface area contributed by atoms with Gasteiger partial charge >= 0.3 is 5.97 Å². The van der Waals surface area contributed by atoms with Crippen molar-refractivity contribution in [3.05, 3.63) is 52.2 Å². The van der Waals surface area contributed by atoms with E-state index in [1.165, 1.54) is 10.4 Å². The third-order valence-electron chi connectivity index (χ3n) is 4.03. The van der Waals surface area contributed by atoms with Gasteiger partial charge in [-0.2, -0.15) is 0 Å². The Balaban J connectivity index is 1.68. The molecule has 2 rings (SSSR count). The highest BCUT2D eigenvalue weighted by molar-refractivity contribution is 7.09. The van der Waals surface area contributed by atoms with Crippen LogP contribution in [0, 0.1) is 0 Å². The number of hydrogen-bond acceptors (Lipinski definition) is 4. The predicted molar refractivity (Wildman–Crippen MR) is 98.0 cm³/mol. The fraction of sp³-hybridized carbons (Fsp3) is 0.421. The molecule has 1 N–H and O–H groups in total. The third kappa shape index (κ3) is 6.34. The van der Waals surface area contributed by atoms with Crippen LogP contribution in [0.3, 0.4) is 0 Å². The SMILES string of the molecule is CC(CC(=O)O)N(C)CCCOc1ccc(Cc2cccs2)cc1. The first-order valence-electron chi connectivity index (χ1n) is 8.20. The fourth-order valence-corrected chi connectivity index (χ4v) is 3.19. The summed E-state index contributed by atoms with van der Waals surface area (Å²) in [6, 6.07) is 12.5. The van der Waals surface area contributed by atoms with Crippen LogP contribution in [0.25, 0.3) is 0 Å². The lowest BCUT2D eigenvalue weighted by molar-refractivity contribution is -0.138. The first-order valence-corrected chi connectivity index (χ1v) is 9.08. The molecule has 4 nitrogen and oxygen atoms in total. The van der Waals surface area contributed by atoms with Crippen molar-refractivity contribution in [1.82, 2.24) is 4.90 Å². The van der Waals surface area contributed by atoms with E-state index >= 15 is 0 Å². The molecule has 0 radical (unpaired) electrons. The summed E-state index contributed by atoms with van der Waals surface area (Å²) >= 11 is 1.77. The summed E-state index contributed by atoms with van der Waals surface area (Å²) in [5.74, 6) is 0.124. The minimum absolute atomic E-state index is 0.0408. The van der Waals surface area contributed by atoms with Gasteiger partial charge in [0.2, 0.25) is 0 Å². The van der Waals surface area contributed by atoms with Gasteiger partial charge in [0.1, 0.15) is 5.75 Å². The molecular weight excluding hydrogens is 322 g/mol. The second kappa shape index (κ2) is 9.45. The molecule has 5 heteroatoms. The molecule has 0 aliphatic carbocycles. The van der Waals surface area contributed by atoms with Crippen molar-refractivity contribution in [2.75, 3.05) is 20.2 Å². The normalized spacial score (nSPS) is 12.3. The van der Waals surface area contributed by atoms with Crippen molar-refractivity contribution < 1.29 is 14.6 Å². The van der Waals surface area contributed by atoms with Gasteiger partial charge in [-0.1, -0.05) is 18.2 Å². The lowest BCUT2D eigenvalue weighted by Gasteiger charge is -2.23. The van der Waals surface area contributed by atoms with E-state index in [4.69, 9.17) is 9.84 Å². The topological polar surface area (TPSA) is 49.8 Å². The van der Waals surface area contributed by atoms with Crippen LogP contribution in [0.1, 0.15) is 30.2 Å². The van der Waals surface area contributed by atoms with Gasteiger partial charge in [0.15, 0.2) is 0 Å². The Morgan fingerprint density at radius 2 is 2.04 bits per heavy atom. The molecule has 1 aromatic heterocycles. The quantitative estimate of drug-likeness (QED) is 0.662. The van der Waals surface area contributed by atoms with Gasteiger partial charge in [-0.15, -0.1) is 11.3 Å². The Labute approximate surface area is 147 Å². The second-order valence-corrected chi connectivity index (χ2v) is 7.06. The Morgan fingerprint density at radius 3 is 2.67 bits per heavy atom. The van der Waals surface area contributed by atoms with Gasteiger partial charge in [-0.3, -0.25) is 4.79 Å². The van der Waals surface area contributed by atoms with Crippen LogP contribution in [-0.4, -0.2) is 42.2 Å². The molecular formula is C19H25NO3S. The molecule has 2 aromatic rings. The van der Waals surface area contributed by atoms with E-state index in [0.717, 1.165) is 25.1 Å². The van der Waals surface area contributed by atoms with Crippen LogP contribution < -0.4 is 4.74 Å². The number of carbonyl (C=O) groups is 1. The molecule has 0 spiro atoms. The van der Waals surface area contributed by atoms with Gasteiger partial charge in [0, 0.05) is 23.9 Å². The number of nitrogens with zero attached hydrogens (tertiary/aromatic N) is 1. The van der Waals surface area contributed by atoms with Crippen LogP contribution in [0.15, 0.2) is 41.8 Å². The van der Waals surface area contributed by atoms with Crippen molar-refractivity contribution in [2.45, 2.75) is 32.2 Å². The molecule has 1 heterocycles. The van der Waals surface area contributed by atoms with E-state index in [9.17, 15) is 4.79 Å². The van der Waals surface area contributed by atoms with E-state index in [1.807, 2.05) is 26.1 Å². The zero-order chi connectivity index (χ0) is 17.4. The van der Waals surface area contributed by atoms with E-state index in [2.05, 4.69) is 34.5 Å². The van der Waals surface area contributed by atoms with Crippen molar-refractivity contribution in [3.8, 4) is 5.75 Å². The molecule has 130 valence electrons. The second-order valence-electron chi connectivity index (χ2n) is 6.03. The average molecular weight is 347 g/mol. The Kier molecular flexibility index (Phi) is 7.28. The number of rotatable bonds is 10. The third-order valence-corrected chi connectivity index (χ3v) is 4.90. The van der Waals surface area contributed by atoms with Gasteiger partial charge < -0.3 is 14.7 Å². The summed E-state index contributed by atoms with van der Waals surface area (Å²) in [5, 5.41) is 10.9. The first kappa shape index (κ1) is 18.5. The van der Waals surface area contributed by atoms with Crippen LogP contribution in [0.4, 0.5) is 0 Å². The summed E-state index contributed by atoms with van der Waals surface area (Å²) in [6.07, 6.45) is 2.00. The number of benzene rings is 1. The molecule has 1 aromatic carbocycles. The van der Waals surface area contributed by atoms with Crippen molar-refractivity contribution >= 4 is 17.3 Å². The summed E-state index contributed by atoms with van der Waals surface area (Å²) in [6.45, 7) is 3.39. The number of carboxylic acid groups (broad SMARTS) is 1. The number of carboxylic acids is 1. The molecule has 24 heavy (non-hydrogen) atoms. The van der Waals surface area contributed by atoms with Gasteiger partial charge in [-0.05, 0) is 49.5 Å². The maximum absolute atomic E-state index is 10.7. The number of hydrogen-bond donors (Lipinski definition) is 1. The number of aliphatic carboxylic acids is 1. The van der Waals surface area contributed by atoms with Crippen molar-refractivity contribution in [3.63, 3.8) is 0 Å². The van der Waals surface area contributed by atoms with Crippen LogP contribution in [0.5, 0.6) is 5.75 Å². The van der Waals surface area contributed by atoms with Crippen molar-refractivity contribution in [1.29, 1.82) is 0 Å². The maximum atomic E-state index is 10.7. The largest absolute Gasteiger partial charge is 0.494 e. The number of thiophene rings is 1. The highest BCUT2D eigenvalue weighted by Gasteiger charge is 2.12. The van der Waals surface area contributed by atoms with Crippen molar-refractivity contribution in [2.24, 2.45) is 0 Å². The Bertz CT molecular complexity index is 610. The molecule has 0 amide bonds. The summed E-state index contributed by atoms with van der Waals surface area (Å²) < 4.78 is 5.77. The average Bonchev–Trinajstić information content (AvgIpc) is 3.05. The van der Waals surface area contributed by atoms with Crippen LogP contribution >= 0.6 is 11.3 Å². The first-order chi connectivity index (χ1) is 11.5. The summed E-state index contributed by atoms with van der Waals surface area (Å²) in [5.41, 5.74) is 1.28. The Morgan fingerprint density at radius 1 is 1.29 bits per heavy atom. The van der Waals surface area contributed by atoms with Gasteiger partial charge in [-0.25, -0.2) is 0 Å². The highest BCUT2D eigenvalue weighted by atomic mass is 32.1. The molecule has 0 saturated heterocycles. The number of ether oxygens (including phenoxy) is 1. The van der Waals surface area contributed by atoms with E-state index in [1.54, 1.807) is 11.3 Å². The maximum Gasteiger partial charge on any atom is 0.304 e. The fourth-order valence-electron chi connectivity index (χ4n) is 2.45. The highest BCUT2D eigenvalue weighted by Crippen LogP contribution is 2.18. The molecule has 1 atom stereocenters. The lowest BCUT2D eigenvalue weighted by atomic mass is 10.1. The molecule has 0 bridgehead atoms. The monoisotopic (exact) mass is 347 g/mol. The predicted octanol–water partition coefficient (Wildman–Crippen LogP) is 3.90. The van der Waals surface area contributed by atoms with E-state index in [-0.39, 0.29) is 12.5 Å². The lowest BCUT2D eigenvalue weighted by Crippen LogP contribution is -2.32. The zero-order valence-electron chi connectivity index (χ0n) is 14.3. The molecule has 0 saturated carbocycles. The minimum atomic E-state index is -0.756. The Hall–Kier alpha value is -1.85. The van der Waals surface area contributed by atoms with Gasteiger partial charge in [0.05, 0.1) is 13.0 Å². The molecule has 0 aliphatic heterocycles. The van der Waals surface area contributed by atoms with Crippen LogP contribution in [0.2, 0.25) is 0 Å². The van der Waals surface area contributed by atoms with E-state index in [0.29, 0.717) is 6.61 Å². The summed E-state index contributed by atoms with van der Waals surface area (Å²) in [4.78, 5) is 14.1. The van der Waals surface area contributed by atoms with Gasteiger partial charge in [0.25, 0.3) is 0 Å². The minimum Gasteiger partial charge on any atom is -0.494 e. The molecule has 0 fully saturated rings.